The predicted molar refractivity (Wildman–Crippen MR) is 114 cm³/mol. The Kier molecular flexibility index (Phi) is 5.97. The number of amides is 2. The minimum atomic E-state index is -0.456. The van der Waals surface area contributed by atoms with Crippen molar-refractivity contribution in [2.75, 3.05) is 12.4 Å². The van der Waals surface area contributed by atoms with E-state index in [-0.39, 0.29) is 0 Å². The third-order valence-corrected chi connectivity index (χ3v) is 4.47. The van der Waals surface area contributed by atoms with E-state index >= 15 is 0 Å². The number of nitrogens with zero attached hydrogens (tertiary/aromatic N) is 2. The van der Waals surface area contributed by atoms with Crippen LogP contribution < -0.4 is 5.32 Å². The molecule has 0 heterocycles. The Hall–Kier alpha value is -3.73. The molecule has 0 saturated carbocycles. The molecule has 0 spiro atoms. The number of hydrogen-bond donors (Lipinski definition) is 2. The molecule has 2 N–H and O–H groups in total. The van der Waals surface area contributed by atoms with Gasteiger partial charge in [0.2, 0.25) is 0 Å². The molecule has 140 valence electrons. The van der Waals surface area contributed by atoms with E-state index in [0.717, 1.165) is 21.7 Å². The van der Waals surface area contributed by atoms with Gasteiger partial charge in [0.15, 0.2) is 0 Å². The van der Waals surface area contributed by atoms with Gasteiger partial charge in [-0.3, -0.25) is 0 Å². The summed E-state index contributed by atoms with van der Waals surface area (Å²) in [7, 11) is 1.43. The Bertz CT molecular complexity index is 995. The second-order valence-electron chi connectivity index (χ2n) is 6.41. The van der Waals surface area contributed by atoms with Gasteiger partial charge >= 0.3 is 6.03 Å². The molecule has 0 fully saturated rings. The van der Waals surface area contributed by atoms with Crippen molar-refractivity contribution in [3.63, 3.8) is 0 Å². The predicted octanol–water partition coefficient (Wildman–Crippen LogP) is 6.24. The Morgan fingerprint density at radius 1 is 0.929 bits per heavy atom. The van der Waals surface area contributed by atoms with E-state index in [0.29, 0.717) is 5.69 Å². The molecule has 0 aliphatic carbocycles. The van der Waals surface area contributed by atoms with Crippen LogP contribution in [0.3, 0.4) is 0 Å². The SMILES string of the molecule is Cc1cccc(NC(=O)N(C)N=N)c1/C=C/c1ccc(-c2ccccc2)cc1. The zero-order valence-electron chi connectivity index (χ0n) is 15.9. The van der Waals surface area contributed by atoms with Crippen LogP contribution in [0.1, 0.15) is 16.7 Å². The van der Waals surface area contributed by atoms with Gasteiger partial charge in [0.1, 0.15) is 0 Å². The van der Waals surface area contributed by atoms with Gasteiger partial charge in [0.25, 0.3) is 0 Å². The molecular formula is C23H22N4O. The Morgan fingerprint density at radius 2 is 1.61 bits per heavy atom. The molecule has 2 amide bonds. The van der Waals surface area contributed by atoms with Crippen LogP contribution in [-0.2, 0) is 0 Å². The fourth-order valence-corrected chi connectivity index (χ4v) is 2.85. The number of aryl methyl sites for hydroxylation is 1. The third kappa shape index (κ3) is 4.51. The first-order valence-corrected chi connectivity index (χ1v) is 8.94. The standard InChI is InChI=1S/C23H22N4O/c1-17-7-6-10-22(25-23(28)27(2)26-24)21(17)16-13-18-11-14-20(15-12-18)19-8-4-3-5-9-19/h3-16,24H,1-2H3,(H,25,28)/b16-13+,26-24?. The number of urea groups is 1. The second kappa shape index (κ2) is 8.77. The number of carbonyl (C=O) groups excluding carboxylic acids is 1. The highest BCUT2D eigenvalue weighted by Crippen LogP contribution is 2.24. The summed E-state index contributed by atoms with van der Waals surface area (Å²) in [6.07, 6.45) is 4.01. The van der Waals surface area contributed by atoms with Crippen LogP contribution in [0.4, 0.5) is 10.5 Å². The summed E-state index contributed by atoms with van der Waals surface area (Å²) in [5.41, 5.74) is 13.0. The maximum absolute atomic E-state index is 12.0. The molecule has 0 unspecified atom stereocenters. The fraction of sp³-hybridized carbons (Fsp3) is 0.0870. The van der Waals surface area contributed by atoms with E-state index in [1.807, 2.05) is 55.5 Å². The zero-order chi connectivity index (χ0) is 19.9. The summed E-state index contributed by atoms with van der Waals surface area (Å²) in [5.74, 6) is 0. The van der Waals surface area contributed by atoms with Crippen LogP contribution in [0, 0.1) is 12.5 Å². The maximum Gasteiger partial charge on any atom is 0.343 e. The molecule has 0 saturated heterocycles. The summed E-state index contributed by atoms with van der Waals surface area (Å²) < 4.78 is 0. The lowest BCUT2D eigenvalue weighted by molar-refractivity contribution is 0.220. The topological polar surface area (TPSA) is 68.6 Å². The average molecular weight is 370 g/mol. The van der Waals surface area contributed by atoms with Crippen molar-refractivity contribution >= 4 is 23.9 Å². The zero-order valence-corrected chi connectivity index (χ0v) is 15.9. The van der Waals surface area contributed by atoms with Gasteiger partial charge in [-0.1, -0.05) is 84.1 Å². The van der Waals surface area contributed by atoms with E-state index in [2.05, 4.69) is 46.9 Å². The molecule has 0 aliphatic rings. The Balaban J connectivity index is 1.82. The molecule has 28 heavy (non-hydrogen) atoms. The summed E-state index contributed by atoms with van der Waals surface area (Å²) in [6.45, 7) is 1.99. The smallest absolute Gasteiger partial charge is 0.306 e. The lowest BCUT2D eigenvalue weighted by atomic mass is 10.0. The van der Waals surface area contributed by atoms with Crippen LogP contribution in [-0.4, -0.2) is 18.1 Å². The molecule has 5 nitrogen and oxygen atoms in total. The van der Waals surface area contributed by atoms with Crippen LogP contribution in [0.15, 0.2) is 78.0 Å². The average Bonchev–Trinajstić information content (AvgIpc) is 2.73. The second-order valence-corrected chi connectivity index (χ2v) is 6.41. The highest BCUT2D eigenvalue weighted by Gasteiger charge is 2.10. The molecule has 3 aromatic carbocycles. The first-order chi connectivity index (χ1) is 13.6. The Morgan fingerprint density at radius 3 is 2.29 bits per heavy atom. The number of nitrogens with one attached hydrogen (secondary N) is 2. The minimum absolute atomic E-state index is 0.456. The van der Waals surface area contributed by atoms with E-state index in [1.54, 1.807) is 0 Å². The van der Waals surface area contributed by atoms with Crippen molar-refractivity contribution in [1.29, 1.82) is 5.53 Å². The fourth-order valence-electron chi connectivity index (χ4n) is 2.85. The highest BCUT2D eigenvalue weighted by molar-refractivity contribution is 5.93. The van der Waals surface area contributed by atoms with Gasteiger partial charge in [-0.25, -0.2) is 4.79 Å². The van der Waals surface area contributed by atoms with Crippen molar-refractivity contribution in [2.45, 2.75) is 6.92 Å². The number of anilines is 1. The molecule has 0 bridgehead atoms. The lowest BCUT2D eigenvalue weighted by Gasteiger charge is -2.14. The minimum Gasteiger partial charge on any atom is -0.306 e. The molecule has 0 atom stereocenters. The molecule has 0 aliphatic heterocycles. The first-order valence-electron chi connectivity index (χ1n) is 8.94. The molecule has 3 rings (SSSR count). The van der Waals surface area contributed by atoms with Crippen LogP contribution in [0.5, 0.6) is 0 Å². The summed E-state index contributed by atoms with van der Waals surface area (Å²) in [4.78, 5) is 12.0. The van der Waals surface area contributed by atoms with Crippen molar-refractivity contribution in [1.82, 2.24) is 5.01 Å². The van der Waals surface area contributed by atoms with Gasteiger partial charge in [-0.15, -0.1) is 0 Å². The van der Waals surface area contributed by atoms with Gasteiger partial charge in [0.05, 0.1) is 0 Å². The lowest BCUT2D eigenvalue weighted by Crippen LogP contribution is -2.26. The van der Waals surface area contributed by atoms with Crippen molar-refractivity contribution in [3.8, 4) is 11.1 Å². The van der Waals surface area contributed by atoms with E-state index in [4.69, 9.17) is 5.53 Å². The van der Waals surface area contributed by atoms with Crippen LogP contribution in [0.2, 0.25) is 0 Å². The molecule has 5 heteroatoms. The van der Waals surface area contributed by atoms with Crippen LogP contribution >= 0.6 is 0 Å². The summed E-state index contributed by atoms with van der Waals surface area (Å²) in [5, 5.41) is 6.85. The number of benzene rings is 3. The van der Waals surface area contributed by atoms with Crippen molar-refractivity contribution < 1.29 is 4.79 Å². The molecule has 0 aromatic heterocycles. The van der Waals surface area contributed by atoms with Gasteiger partial charge < -0.3 is 5.32 Å². The van der Waals surface area contributed by atoms with Gasteiger partial charge in [0, 0.05) is 18.3 Å². The Labute approximate surface area is 164 Å². The van der Waals surface area contributed by atoms with E-state index in [1.165, 1.54) is 18.2 Å². The van der Waals surface area contributed by atoms with E-state index < -0.39 is 6.03 Å². The van der Waals surface area contributed by atoms with Gasteiger partial charge in [-0.2, -0.15) is 10.5 Å². The largest absolute Gasteiger partial charge is 0.343 e. The number of carbonyl (C=O) groups is 1. The van der Waals surface area contributed by atoms with E-state index in [9.17, 15) is 4.79 Å². The summed E-state index contributed by atoms with van der Waals surface area (Å²) in [6, 6.07) is 23.8. The monoisotopic (exact) mass is 370 g/mol. The molecule has 0 radical (unpaired) electrons. The molecule has 3 aromatic rings. The highest BCUT2D eigenvalue weighted by atomic mass is 16.2. The van der Waals surface area contributed by atoms with Crippen LogP contribution in [0.25, 0.3) is 23.3 Å². The molecular weight excluding hydrogens is 348 g/mol. The van der Waals surface area contributed by atoms with Crippen molar-refractivity contribution in [2.24, 2.45) is 5.22 Å². The first kappa shape index (κ1) is 19.0. The van der Waals surface area contributed by atoms with Crippen molar-refractivity contribution in [3.05, 3.63) is 89.5 Å². The third-order valence-electron chi connectivity index (χ3n) is 4.47. The maximum atomic E-state index is 12.0. The number of rotatable bonds is 5. The van der Waals surface area contributed by atoms with Gasteiger partial charge in [-0.05, 0) is 35.2 Å². The number of hydrogen-bond acceptors (Lipinski definition) is 3. The summed E-state index contributed by atoms with van der Waals surface area (Å²) >= 11 is 0. The normalized spacial score (nSPS) is 10.6. The quantitative estimate of drug-likeness (QED) is 0.311.